The first-order chi connectivity index (χ1) is 38.9. The smallest absolute Gasteiger partial charge is 0.421 e. The molecule has 0 amide bonds. The zero-order valence-corrected chi connectivity index (χ0v) is 49.7. The van der Waals surface area contributed by atoms with E-state index in [2.05, 4.69) is 68.7 Å². The van der Waals surface area contributed by atoms with E-state index in [0.717, 1.165) is 87.0 Å². The highest BCUT2D eigenvalue weighted by Crippen LogP contribution is 2.48. The number of aromatic nitrogens is 8. The predicted octanol–water partition coefficient (Wildman–Crippen LogP) is 10.3. The van der Waals surface area contributed by atoms with Crippen molar-refractivity contribution < 1.29 is 52.7 Å². The van der Waals surface area contributed by atoms with Crippen LogP contribution in [0.15, 0.2) is 47.0 Å². The Labute approximate surface area is 478 Å². The maximum Gasteiger partial charge on any atom is 0.421 e. The Kier molecular flexibility index (Phi) is 17.1. The van der Waals surface area contributed by atoms with Crippen molar-refractivity contribution in [3.63, 3.8) is 0 Å². The maximum atomic E-state index is 14.0. The van der Waals surface area contributed by atoms with E-state index in [1.807, 2.05) is 39.8 Å². The molecule has 0 unspecified atom stereocenters. The number of anilines is 8. The van der Waals surface area contributed by atoms with Crippen LogP contribution in [0.25, 0.3) is 0 Å². The molecule has 6 aromatic rings. The third kappa shape index (κ3) is 12.8. The lowest BCUT2D eigenvalue weighted by Crippen LogP contribution is -2.29. The zero-order valence-electron chi connectivity index (χ0n) is 48.1. The summed E-state index contributed by atoms with van der Waals surface area (Å²) in [5.41, 5.74) is 5.55. The largest absolute Gasteiger partial charge is 0.488 e. The van der Waals surface area contributed by atoms with E-state index in [-0.39, 0.29) is 45.5 Å². The molecule has 8 heterocycles. The molecular formula is C55H70F6N14O6S2. The highest BCUT2D eigenvalue weighted by atomic mass is 32.2. The number of alkyl halides is 6. The van der Waals surface area contributed by atoms with Crippen molar-refractivity contribution in [2.24, 2.45) is 14.1 Å². The van der Waals surface area contributed by atoms with Gasteiger partial charge in [0.05, 0.1) is 33.2 Å². The van der Waals surface area contributed by atoms with Gasteiger partial charge in [-0.05, 0) is 161 Å². The van der Waals surface area contributed by atoms with Crippen molar-refractivity contribution in [2.45, 2.75) is 151 Å². The van der Waals surface area contributed by atoms with Crippen LogP contribution >= 0.6 is 0 Å². The first-order valence-electron chi connectivity index (χ1n) is 27.5. The summed E-state index contributed by atoms with van der Waals surface area (Å²) in [6.45, 7) is 17.9. The van der Waals surface area contributed by atoms with Crippen LogP contribution in [0, 0.1) is 13.8 Å². The molecule has 2 fully saturated rings. The van der Waals surface area contributed by atoms with Gasteiger partial charge >= 0.3 is 12.4 Å². The number of likely N-dealkylation sites (tertiary alicyclic amines) is 1. The topological polar surface area (TPSA) is 237 Å². The molecule has 2 atom stereocenters. The van der Waals surface area contributed by atoms with Crippen molar-refractivity contribution in [3.8, 4) is 11.5 Å². The number of fused-ring (bicyclic) bond motifs is 2. The number of sulfone groups is 2. The average Bonchev–Trinajstić information content (AvgIpc) is 4.09. The van der Waals surface area contributed by atoms with E-state index >= 15 is 0 Å². The molecule has 4 aliphatic heterocycles. The minimum Gasteiger partial charge on any atom is -0.488 e. The summed E-state index contributed by atoms with van der Waals surface area (Å²) in [6.07, 6.45) is -0.137. The number of rotatable bonds is 14. The fourth-order valence-corrected chi connectivity index (χ4v) is 13.4. The van der Waals surface area contributed by atoms with Crippen molar-refractivity contribution >= 4 is 66.0 Å². The molecule has 450 valence electrons. The number of nitrogens with one attached hydrogen (secondary N) is 5. The van der Waals surface area contributed by atoms with Gasteiger partial charge in [0.25, 0.3) is 0 Å². The third-order valence-corrected chi connectivity index (χ3v) is 19.5. The summed E-state index contributed by atoms with van der Waals surface area (Å²) in [7, 11) is -2.71. The van der Waals surface area contributed by atoms with Crippen molar-refractivity contribution in [1.29, 1.82) is 0 Å². The van der Waals surface area contributed by atoms with Gasteiger partial charge < -0.3 is 41.0 Å². The number of nitrogens with zero attached hydrogens (tertiary/aromatic N) is 9. The van der Waals surface area contributed by atoms with Crippen LogP contribution in [0.1, 0.15) is 124 Å². The van der Waals surface area contributed by atoms with Gasteiger partial charge in [0.2, 0.25) is 41.6 Å². The Morgan fingerprint density at radius 3 is 1.36 bits per heavy atom. The van der Waals surface area contributed by atoms with Crippen LogP contribution < -0.4 is 36.1 Å². The van der Waals surface area contributed by atoms with Crippen LogP contribution in [0.4, 0.5) is 72.6 Å². The number of ether oxygens (including phenoxy) is 2. The molecule has 83 heavy (non-hydrogen) atoms. The van der Waals surface area contributed by atoms with Crippen LogP contribution in [-0.4, -0.2) is 117 Å². The fourth-order valence-electron chi connectivity index (χ4n) is 11.2. The highest BCUT2D eigenvalue weighted by Gasteiger charge is 2.40. The molecule has 0 bridgehead atoms. The molecule has 4 aromatic heterocycles. The standard InChI is InChI=1S/C28H36F3N7O3S.C27H34F3N7O3S/c1-15(2)42(39,40)26-22(14-38(6)36-26)33-25-20(28(29,30)31)13-32-27(35-25)34-21-11-16(3)23(18-7-9-37(5)10-8-18)19-12-17(4)41-24(19)21;1-14(2)41(38,39)25-21(13-37(5)36-25)33-24-19(27(28,29)30)12-32-26(35-24)34-20-10-15(3)22(17-6-8-31-9-7-17)18-11-16(4)40-23(18)20/h11,13-15,17-18H,7-10,12H2,1-6H3,(H2,32,33,34,35);10,12-14,16-17,31H,6-9,11H2,1-5H3,(H2,32,33,34,35)/t17-;16-/m11/s1. The lowest BCUT2D eigenvalue weighted by Gasteiger charge is -2.31. The van der Waals surface area contributed by atoms with Gasteiger partial charge in [0.15, 0.2) is 0 Å². The van der Waals surface area contributed by atoms with Gasteiger partial charge in [-0.2, -0.15) is 46.5 Å². The number of hydrogen-bond acceptors (Lipinski definition) is 18. The van der Waals surface area contributed by atoms with Gasteiger partial charge in [-0.3, -0.25) is 9.36 Å². The number of benzene rings is 2. The van der Waals surface area contributed by atoms with Crippen LogP contribution in [0.2, 0.25) is 0 Å². The first kappa shape index (κ1) is 60.8. The average molecular weight is 1200 g/mol. The predicted molar refractivity (Wildman–Crippen MR) is 303 cm³/mol. The summed E-state index contributed by atoms with van der Waals surface area (Å²) in [5, 5.41) is 20.3. The number of halogens is 6. The zero-order chi connectivity index (χ0) is 60.2. The van der Waals surface area contributed by atoms with Crippen LogP contribution in [0.5, 0.6) is 11.5 Å². The molecular weight excluding hydrogens is 1130 g/mol. The maximum absolute atomic E-state index is 14.0. The van der Waals surface area contributed by atoms with Gasteiger partial charge in [0, 0.05) is 62.9 Å². The van der Waals surface area contributed by atoms with Gasteiger partial charge in [-0.25, -0.2) is 26.8 Å². The lowest BCUT2D eigenvalue weighted by molar-refractivity contribution is -0.138. The summed E-state index contributed by atoms with van der Waals surface area (Å²) in [4.78, 5) is 18.5. The van der Waals surface area contributed by atoms with Gasteiger partial charge in [-0.15, -0.1) is 0 Å². The summed E-state index contributed by atoms with van der Waals surface area (Å²) in [5.74, 6) is 0.742. The minimum atomic E-state index is -4.80. The van der Waals surface area contributed by atoms with E-state index in [1.165, 1.54) is 74.7 Å². The highest BCUT2D eigenvalue weighted by molar-refractivity contribution is 7.92. The van der Waals surface area contributed by atoms with Crippen LogP contribution in [0.3, 0.4) is 0 Å². The molecule has 2 saturated heterocycles. The van der Waals surface area contributed by atoms with Crippen molar-refractivity contribution in [2.75, 3.05) is 54.5 Å². The second kappa shape index (κ2) is 23.3. The first-order valence-corrected chi connectivity index (χ1v) is 30.6. The third-order valence-electron chi connectivity index (χ3n) is 15.3. The molecule has 0 saturated carbocycles. The molecule has 20 nitrogen and oxygen atoms in total. The second-order valence-corrected chi connectivity index (χ2v) is 27.3. The Bertz CT molecular complexity index is 3630. The molecule has 5 N–H and O–H groups in total. The number of piperidine rings is 2. The Morgan fingerprint density at radius 1 is 0.602 bits per heavy atom. The summed E-state index contributed by atoms with van der Waals surface area (Å²) in [6, 6.07) is 3.86. The van der Waals surface area contributed by atoms with E-state index < -0.39 is 65.3 Å². The van der Waals surface area contributed by atoms with E-state index in [4.69, 9.17) is 9.47 Å². The monoisotopic (exact) mass is 1200 g/mol. The van der Waals surface area contributed by atoms with Gasteiger partial charge in [0.1, 0.15) is 46.5 Å². The van der Waals surface area contributed by atoms with Crippen LogP contribution in [-0.2, 0) is 59.0 Å². The Morgan fingerprint density at radius 2 is 0.988 bits per heavy atom. The number of aryl methyl sites for hydroxylation is 4. The molecule has 0 aliphatic carbocycles. The second-order valence-electron chi connectivity index (χ2n) is 22.4. The van der Waals surface area contributed by atoms with E-state index in [0.29, 0.717) is 47.1 Å². The molecule has 10 rings (SSSR count). The molecule has 4 aliphatic rings. The molecule has 0 spiro atoms. The van der Waals surface area contributed by atoms with Crippen molar-refractivity contribution in [1.82, 2.24) is 49.7 Å². The molecule has 0 radical (unpaired) electrons. The fraction of sp³-hybridized carbons (Fsp3) is 0.527. The number of hydrogen-bond donors (Lipinski definition) is 5. The van der Waals surface area contributed by atoms with E-state index in [9.17, 15) is 43.2 Å². The molecule has 2 aromatic carbocycles. The summed E-state index contributed by atoms with van der Waals surface area (Å²) >= 11 is 0. The lowest BCUT2D eigenvalue weighted by atomic mass is 9.82. The normalized spacial score (nSPS) is 18.1. The SMILES string of the molecule is Cc1cc(Nc2ncc(C(F)(F)F)c(Nc3cn(C)nc3S(=O)(=O)C(C)C)n2)c2c(c1C1CCN(C)CC1)C[C@@H](C)O2.Cc1cc(Nc2ncc(C(F)(F)F)c(Nc3cn(C)nc3S(=O)(=O)C(C)C)n2)c2c(c1C1CCNCC1)C[C@@H](C)O2. The Hall–Kier alpha value is -6.78. The van der Waals surface area contributed by atoms with Crippen molar-refractivity contribution in [3.05, 3.63) is 81.4 Å². The summed E-state index contributed by atoms with van der Waals surface area (Å²) < 4.78 is 150. The Balaban J connectivity index is 0.000000200. The van der Waals surface area contributed by atoms with Gasteiger partial charge in [-0.1, -0.05) is 0 Å². The molecule has 28 heteroatoms. The minimum absolute atomic E-state index is 0.0505. The quantitative estimate of drug-likeness (QED) is 0.0638. The van der Waals surface area contributed by atoms with E-state index in [1.54, 1.807) is 0 Å².